The number of aryl methyl sites for hydroxylation is 1. The van der Waals surface area contributed by atoms with E-state index in [-0.39, 0.29) is 21.6 Å². The predicted molar refractivity (Wildman–Crippen MR) is 132 cm³/mol. The van der Waals surface area contributed by atoms with Crippen LogP contribution < -0.4 is 16.0 Å². The molecule has 0 bridgehead atoms. The molecule has 1 heterocycles. The fourth-order valence-corrected chi connectivity index (χ4v) is 3.97. The van der Waals surface area contributed by atoms with Crippen molar-refractivity contribution in [1.29, 1.82) is 0 Å². The van der Waals surface area contributed by atoms with E-state index in [1.165, 1.54) is 0 Å². The van der Waals surface area contributed by atoms with Crippen molar-refractivity contribution < 1.29 is 9.59 Å². The van der Waals surface area contributed by atoms with Gasteiger partial charge in [0.15, 0.2) is 0 Å². The Morgan fingerprint density at radius 2 is 1.69 bits per heavy atom. The fraction of sp³-hybridized carbons (Fsp3) is 0.292. The smallest absolute Gasteiger partial charge is 0.319 e. The highest BCUT2D eigenvalue weighted by molar-refractivity contribution is 6.40. The molecule has 3 rings (SSSR count). The zero-order chi connectivity index (χ0) is 23.1. The summed E-state index contributed by atoms with van der Waals surface area (Å²) in [5, 5.41) is 9.90. The Kier molecular flexibility index (Phi) is 8.31. The van der Waals surface area contributed by atoms with Gasteiger partial charge in [0.1, 0.15) is 0 Å². The Morgan fingerprint density at radius 1 is 0.969 bits per heavy atom. The van der Waals surface area contributed by atoms with E-state index < -0.39 is 5.91 Å². The zero-order valence-corrected chi connectivity index (χ0v) is 19.6. The summed E-state index contributed by atoms with van der Waals surface area (Å²) in [5.74, 6) is -0.435. The van der Waals surface area contributed by atoms with Crippen molar-refractivity contribution in [2.24, 2.45) is 0 Å². The summed E-state index contributed by atoms with van der Waals surface area (Å²) >= 11 is 12.3. The molecule has 0 saturated carbocycles. The molecule has 0 saturated heterocycles. The van der Waals surface area contributed by atoms with Crippen molar-refractivity contribution in [1.82, 2.24) is 10.3 Å². The van der Waals surface area contributed by atoms with Crippen LogP contribution in [0, 0.1) is 6.92 Å². The van der Waals surface area contributed by atoms with Crippen LogP contribution in [-0.2, 0) is 0 Å². The maximum Gasteiger partial charge on any atom is 0.319 e. The number of carbonyl (C=O) groups is 2. The van der Waals surface area contributed by atoms with Crippen LogP contribution in [0.25, 0.3) is 10.9 Å². The van der Waals surface area contributed by atoms with E-state index in [1.54, 1.807) is 36.5 Å². The first-order valence-electron chi connectivity index (χ1n) is 10.6. The number of rotatable bonds is 8. The Morgan fingerprint density at radius 3 is 2.41 bits per heavy atom. The molecule has 0 spiro atoms. The van der Waals surface area contributed by atoms with E-state index >= 15 is 0 Å². The van der Waals surface area contributed by atoms with Crippen molar-refractivity contribution >= 4 is 57.4 Å². The molecule has 0 atom stereocenters. The standard InChI is InChI=1S/C24H26Cl2N4O2/c1-3-4-5-6-13-27-24(32)30-21-15(2)14-28-22-16(21)9-7-12-19(22)29-23(31)20-17(25)10-8-11-18(20)26/h7-12,14H,3-6,13H2,1-2H3,(H,29,31)(H2,27,28,30,32). The third kappa shape index (κ3) is 5.69. The predicted octanol–water partition coefficient (Wildman–Crippen LogP) is 6.80. The van der Waals surface area contributed by atoms with E-state index in [0.717, 1.165) is 31.2 Å². The van der Waals surface area contributed by atoms with Gasteiger partial charge in [-0.25, -0.2) is 4.79 Å². The number of urea groups is 1. The van der Waals surface area contributed by atoms with Crippen LogP contribution >= 0.6 is 23.2 Å². The van der Waals surface area contributed by atoms with Gasteiger partial charge in [0.25, 0.3) is 5.91 Å². The number of unbranched alkanes of at least 4 members (excludes halogenated alkanes) is 3. The quantitative estimate of drug-likeness (QED) is 0.315. The van der Waals surface area contributed by atoms with E-state index in [0.29, 0.717) is 28.8 Å². The number of hydrogen-bond acceptors (Lipinski definition) is 3. The first-order valence-corrected chi connectivity index (χ1v) is 11.4. The third-order valence-electron chi connectivity index (χ3n) is 5.08. The second-order valence-corrected chi connectivity index (χ2v) is 8.32. The summed E-state index contributed by atoms with van der Waals surface area (Å²) in [7, 11) is 0. The van der Waals surface area contributed by atoms with Crippen LogP contribution in [-0.4, -0.2) is 23.5 Å². The van der Waals surface area contributed by atoms with Crippen molar-refractivity contribution in [2.45, 2.75) is 39.5 Å². The number of aromatic nitrogens is 1. The van der Waals surface area contributed by atoms with Gasteiger partial charge >= 0.3 is 6.03 Å². The Hall–Kier alpha value is -2.83. The first-order chi connectivity index (χ1) is 15.4. The molecular weight excluding hydrogens is 447 g/mol. The number of halogens is 2. The summed E-state index contributed by atoms with van der Waals surface area (Å²) in [6, 6.07) is 10.0. The summed E-state index contributed by atoms with van der Waals surface area (Å²) in [5.41, 5.74) is 2.70. The summed E-state index contributed by atoms with van der Waals surface area (Å²) < 4.78 is 0. The minimum absolute atomic E-state index is 0.195. The van der Waals surface area contributed by atoms with Gasteiger partial charge in [-0.3, -0.25) is 9.78 Å². The van der Waals surface area contributed by atoms with Crippen LogP contribution in [0.5, 0.6) is 0 Å². The number of benzene rings is 2. The van der Waals surface area contributed by atoms with E-state index in [9.17, 15) is 9.59 Å². The highest BCUT2D eigenvalue weighted by Crippen LogP contribution is 2.31. The molecule has 6 nitrogen and oxygen atoms in total. The molecule has 8 heteroatoms. The number of carbonyl (C=O) groups excluding carboxylic acids is 2. The van der Waals surface area contributed by atoms with Gasteiger partial charge < -0.3 is 16.0 Å². The molecule has 3 amide bonds. The molecule has 0 unspecified atom stereocenters. The van der Waals surface area contributed by atoms with E-state index in [1.807, 2.05) is 13.0 Å². The summed E-state index contributed by atoms with van der Waals surface area (Å²) in [4.78, 5) is 29.7. The van der Waals surface area contributed by atoms with Gasteiger partial charge in [-0.1, -0.05) is 67.6 Å². The number of anilines is 2. The highest BCUT2D eigenvalue weighted by Gasteiger charge is 2.17. The number of amides is 3. The number of nitrogens with zero attached hydrogens (tertiary/aromatic N) is 1. The first kappa shape index (κ1) is 23.8. The van der Waals surface area contributed by atoms with Crippen molar-refractivity contribution in [3.05, 3.63) is 63.8 Å². The second-order valence-electron chi connectivity index (χ2n) is 7.51. The Bertz CT molecular complexity index is 1110. The van der Waals surface area contributed by atoms with Crippen LogP contribution in [0.1, 0.15) is 48.5 Å². The topological polar surface area (TPSA) is 83.1 Å². The molecule has 2 aromatic carbocycles. The normalized spacial score (nSPS) is 10.8. The lowest BCUT2D eigenvalue weighted by Crippen LogP contribution is -2.30. The number of pyridine rings is 1. The molecule has 0 aliphatic rings. The largest absolute Gasteiger partial charge is 0.338 e. The van der Waals surface area contributed by atoms with Gasteiger partial charge in [-0.05, 0) is 37.1 Å². The lowest BCUT2D eigenvalue weighted by Gasteiger charge is -2.15. The van der Waals surface area contributed by atoms with E-state index in [4.69, 9.17) is 23.2 Å². The molecular formula is C24H26Cl2N4O2. The molecule has 3 N–H and O–H groups in total. The monoisotopic (exact) mass is 472 g/mol. The third-order valence-corrected chi connectivity index (χ3v) is 5.71. The van der Waals surface area contributed by atoms with Crippen molar-refractivity contribution in [3.63, 3.8) is 0 Å². The molecule has 32 heavy (non-hydrogen) atoms. The van der Waals surface area contributed by atoms with Gasteiger partial charge in [0.05, 0.1) is 32.5 Å². The SMILES string of the molecule is CCCCCCNC(=O)Nc1c(C)cnc2c(NC(=O)c3c(Cl)cccc3Cl)cccc12. The number of nitrogens with one attached hydrogen (secondary N) is 3. The maximum absolute atomic E-state index is 12.8. The molecule has 0 radical (unpaired) electrons. The minimum Gasteiger partial charge on any atom is -0.338 e. The highest BCUT2D eigenvalue weighted by atomic mass is 35.5. The average Bonchev–Trinajstić information content (AvgIpc) is 2.75. The van der Waals surface area contributed by atoms with Crippen LogP contribution in [0.15, 0.2) is 42.6 Å². The lowest BCUT2D eigenvalue weighted by molar-refractivity contribution is 0.102. The van der Waals surface area contributed by atoms with Gasteiger partial charge in [-0.15, -0.1) is 0 Å². The van der Waals surface area contributed by atoms with Gasteiger partial charge in [0, 0.05) is 18.1 Å². The van der Waals surface area contributed by atoms with Crippen molar-refractivity contribution in [2.75, 3.05) is 17.2 Å². The molecule has 0 fully saturated rings. The second kappa shape index (κ2) is 11.2. The summed E-state index contributed by atoms with van der Waals surface area (Å²) in [6.07, 6.45) is 6.00. The average molecular weight is 473 g/mol. The summed E-state index contributed by atoms with van der Waals surface area (Å²) in [6.45, 7) is 4.64. The number of hydrogen-bond donors (Lipinski definition) is 3. The number of fused-ring (bicyclic) bond motifs is 1. The molecule has 168 valence electrons. The molecule has 1 aromatic heterocycles. The zero-order valence-electron chi connectivity index (χ0n) is 18.1. The van der Waals surface area contributed by atoms with Crippen LogP contribution in [0.3, 0.4) is 0 Å². The van der Waals surface area contributed by atoms with Gasteiger partial charge in [0.2, 0.25) is 0 Å². The minimum atomic E-state index is -0.435. The number of para-hydroxylation sites is 1. The fourth-order valence-electron chi connectivity index (χ4n) is 3.40. The van der Waals surface area contributed by atoms with E-state index in [2.05, 4.69) is 27.9 Å². The van der Waals surface area contributed by atoms with Crippen LogP contribution in [0.4, 0.5) is 16.2 Å². The Labute approximate surface area is 197 Å². The lowest BCUT2D eigenvalue weighted by atomic mass is 10.1. The molecule has 0 aliphatic carbocycles. The Balaban J connectivity index is 1.82. The molecule has 0 aliphatic heterocycles. The van der Waals surface area contributed by atoms with Crippen LogP contribution in [0.2, 0.25) is 10.0 Å². The van der Waals surface area contributed by atoms with Gasteiger partial charge in [-0.2, -0.15) is 0 Å². The van der Waals surface area contributed by atoms with Crippen molar-refractivity contribution in [3.8, 4) is 0 Å². The maximum atomic E-state index is 12.8. The molecule has 3 aromatic rings.